The van der Waals surface area contributed by atoms with E-state index in [0.29, 0.717) is 42.8 Å². The van der Waals surface area contributed by atoms with E-state index in [1.807, 2.05) is 0 Å². The van der Waals surface area contributed by atoms with Gasteiger partial charge in [-0.15, -0.1) is 0 Å². The van der Waals surface area contributed by atoms with Gasteiger partial charge >= 0.3 is 0 Å². The van der Waals surface area contributed by atoms with Crippen molar-refractivity contribution in [3.63, 3.8) is 0 Å². The summed E-state index contributed by atoms with van der Waals surface area (Å²) in [5.41, 5.74) is 1.68. The van der Waals surface area contributed by atoms with Gasteiger partial charge < -0.3 is 15.3 Å². The summed E-state index contributed by atoms with van der Waals surface area (Å²) in [6, 6.07) is 9.48. The third kappa shape index (κ3) is 4.45. The van der Waals surface area contributed by atoms with Gasteiger partial charge in [-0.05, 0) is 49.9 Å². The summed E-state index contributed by atoms with van der Waals surface area (Å²) < 4.78 is 13.4. The minimum atomic E-state index is -0.418. The highest BCUT2D eigenvalue weighted by Crippen LogP contribution is 2.29. The standard InChI is InChI=1S/C22H24FN3O3/c23-17-3-1-2-14(10-17)20-7-5-16(12-24-20)21(28)25-18-6-4-15(11-18)22(29)26-9-8-19(27)13-26/h1-3,5,7,10,12,15,18-19,27H,4,6,8-9,11,13H2,(H,25,28)/t15-,18+,19-/m0/s1. The average Bonchev–Trinajstić information content (AvgIpc) is 3.37. The molecule has 1 saturated heterocycles. The highest BCUT2D eigenvalue weighted by Gasteiger charge is 2.35. The van der Waals surface area contributed by atoms with Gasteiger partial charge in [-0.2, -0.15) is 0 Å². The first-order valence-corrected chi connectivity index (χ1v) is 9.99. The Morgan fingerprint density at radius 2 is 2.03 bits per heavy atom. The fourth-order valence-electron chi connectivity index (χ4n) is 4.15. The largest absolute Gasteiger partial charge is 0.391 e. The number of likely N-dealkylation sites (tertiary alicyclic amines) is 1. The van der Waals surface area contributed by atoms with Crippen molar-refractivity contribution < 1.29 is 19.1 Å². The van der Waals surface area contributed by atoms with Gasteiger partial charge in [0.05, 0.1) is 17.4 Å². The zero-order valence-corrected chi connectivity index (χ0v) is 16.1. The van der Waals surface area contributed by atoms with Crippen LogP contribution in [0.15, 0.2) is 42.6 Å². The van der Waals surface area contributed by atoms with E-state index in [-0.39, 0.29) is 29.6 Å². The lowest BCUT2D eigenvalue weighted by Crippen LogP contribution is -2.36. The number of aromatic nitrogens is 1. The fraction of sp³-hybridized carbons (Fsp3) is 0.409. The van der Waals surface area contributed by atoms with E-state index in [2.05, 4.69) is 10.3 Å². The van der Waals surface area contributed by atoms with Crippen molar-refractivity contribution in [2.75, 3.05) is 13.1 Å². The minimum Gasteiger partial charge on any atom is -0.391 e. The maximum absolute atomic E-state index is 13.4. The second-order valence-corrected chi connectivity index (χ2v) is 7.85. The third-order valence-electron chi connectivity index (χ3n) is 5.74. The molecule has 0 unspecified atom stereocenters. The van der Waals surface area contributed by atoms with Gasteiger partial charge in [0.1, 0.15) is 5.82 Å². The number of benzene rings is 1. The Morgan fingerprint density at radius 3 is 2.72 bits per heavy atom. The molecule has 6 nitrogen and oxygen atoms in total. The summed E-state index contributed by atoms with van der Waals surface area (Å²) in [5.74, 6) is -0.573. The Balaban J connectivity index is 1.33. The molecule has 3 atom stereocenters. The van der Waals surface area contributed by atoms with Crippen LogP contribution in [0.1, 0.15) is 36.0 Å². The Labute approximate surface area is 168 Å². The van der Waals surface area contributed by atoms with Crippen molar-refractivity contribution in [1.29, 1.82) is 0 Å². The van der Waals surface area contributed by atoms with Crippen LogP contribution >= 0.6 is 0 Å². The Morgan fingerprint density at radius 1 is 1.17 bits per heavy atom. The lowest BCUT2D eigenvalue weighted by Gasteiger charge is -2.20. The molecule has 2 fully saturated rings. The molecule has 0 spiro atoms. The Hall–Kier alpha value is -2.80. The molecule has 2 amide bonds. The van der Waals surface area contributed by atoms with Crippen LogP contribution in [0.2, 0.25) is 0 Å². The number of hydrogen-bond donors (Lipinski definition) is 2. The lowest BCUT2D eigenvalue weighted by molar-refractivity contribution is -0.134. The highest BCUT2D eigenvalue weighted by molar-refractivity contribution is 5.94. The normalized spacial score (nSPS) is 23.9. The van der Waals surface area contributed by atoms with Gasteiger partial charge in [0.15, 0.2) is 0 Å². The molecule has 0 radical (unpaired) electrons. The predicted octanol–water partition coefficient (Wildman–Crippen LogP) is 2.38. The number of carbonyl (C=O) groups excluding carboxylic acids is 2. The molecule has 2 heterocycles. The van der Waals surface area contributed by atoms with E-state index in [1.54, 1.807) is 29.2 Å². The molecule has 29 heavy (non-hydrogen) atoms. The van der Waals surface area contributed by atoms with Gasteiger partial charge in [-0.3, -0.25) is 14.6 Å². The van der Waals surface area contributed by atoms with Crippen molar-refractivity contribution in [2.45, 2.75) is 37.8 Å². The molecular formula is C22H24FN3O3. The zero-order valence-electron chi connectivity index (χ0n) is 16.1. The Kier molecular flexibility index (Phi) is 5.58. The number of aliphatic hydroxyl groups is 1. The van der Waals surface area contributed by atoms with Crippen LogP contribution in [0.25, 0.3) is 11.3 Å². The van der Waals surface area contributed by atoms with Gasteiger partial charge in [0, 0.05) is 36.8 Å². The molecule has 2 N–H and O–H groups in total. The summed E-state index contributed by atoms with van der Waals surface area (Å²) in [7, 11) is 0. The number of nitrogens with zero attached hydrogens (tertiary/aromatic N) is 2. The smallest absolute Gasteiger partial charge is 0.253 e. The van der Waals surface area contributed by atoms with Crippen LogP contribution in [0, 0.1) is 11.7 Å². The quantitative estimate of drug-likeness (QED) is 0.830. The summed E-state index contributed by atoms with van der Waals surface area (Å²) in [6.07, 6.45) is 3.82. The second kappa shape index (κ2) is 8.29. The van der Waals surface area contributed by atoms with Crippen LogP contribution in [-0.2, 0) is 4.79 Å². The third-order valence-corrected chi connectivity index (χ3v) is 5.74. The van der Waals surface area contributed by atoms with Gasteiger partial charge in [-0.1, -0.05) is 12.1 Å². The molecule has 1 aromatic carbocycles. The van der Waals surface area contributed by atoms with E-state index in [4.69, 9.17) is 0 Å². The molecule has 1 aliphatic heterocycles. The molecule has 2 aliphatic rings. The molecule has 4 rings (SSSR count). The van der Waals surface area contributed by atoms with E-state index in [1.165, 1.54) is 18.3 Å². The molecule has 7 heteroatoms. The average molecular weight is 397 g/mol. The summed E-state index contributed by atoms with van der Waals surface area (Å²) in [5, 5.41) is 12.6. The van der Waals surface area contributed by atoms with Crippen molar-refractivity contribution in [1.82, 2.24) is 15.2 Å². The number of hydrogen-bond acceptors (Lipinski definition) is 4. The first-order valence-electron chi connectivity index (χ1n) is 9.99. The number of rotatable bonds is 4. The maximum Gasteiger partial charge on any atom is 0.253 e. The monoisotopic (exact) mass is 397 g/mol. The van der Waals surface area contributed by atoms with Crippen LogP contribution in [0.4, 0.5) is 4.39 Å². The van der Waals surface area contributed by atoms with Crippen LogP contribution < -0.4 is 5.32 Å². The van der Waals surface area contributed by atoms with Crippen molar-refractivity contribution in [3.8, 4) is 11.3 Å². The molecule has 1 aromatic heterocycles. The molecule has 152 valence electrons. The molecule has 1 aliphatic carbocycles. The highest BCUT2D eigenvalue weighted by atomic mass is 19.1. The predicted molar refractivity (Wildman–Crippen MR) is 105 cm³/mol. The van der Waals surface area contributed by atoms with Crippen LogP contribution in [0.3, 0.4) is 0 Å². The Bertz CT molecular complexity index is 902. The molecular weight excluding hydrogens is 373 g/mol. The number of aliphatic hydroxyl groups excluding tert-OH is 1. The zero-order chi connectivity index (χ0) is 20.4. The SMILES string of the molecule is O=C(N[C@@H]1CC[C@H](C(=O)N2CC[C@H](O)C2)C1)c1ccc(-c2cccc(F)c2)nc1. The molecule has 2 aromatic rings. The van der Waals surface area contributed by atoms with Crippen LogP contribution in [0.5, 0.6) is 0 Å². The van der Waals surface area contributed by atoms with Crippen molar-refractivity contribution >= 4 is 11.8 Å². The molecule has 1 saturated carbocycles. The van der Waals surface area contributed by atoms with E-state index in [0.717, 1.165) is 12.8 Å². The maximum atomic E-state index is 13.4. The number of nitrogens with one attached hydrogen (secondary N) is 1. The summed E-state index contributed by atoms with van der Waals surface area (Å²) >= 11 is 0. The van der Waals surface area contributed by atoms with Gasteiger partial charge in [0.25, 0.3) is 5.91 Å². The van der Waals surface area contributed by atoms with Gasteiger partial charge in [0.2, 0.25) is 5.91 Å². The number of pyridine rings is 1. The number of carbonyl (C=O) groups is 2. The van der Waals surface area contributed by atoms with Gasteiger partial charge in [-0.25, -0.2) is 4.39 Å². The number of β-amino-alcohol motifs (C(OH)–C–C–N with tert-alkyl or cyclic N) is 1. The fourth-order valence-corrected chi connectivity index (χ4v) is 4.15. The minimum absolute atomic E-state index is 0.0492. The lowest BCUT2D eigenvalue weighted by atomic mass is 10.1. The van der Waals surface area contributed by atoms with Crippen molar-refractivity contribution in [3.05, 3.63) is 54.0 Å². The summed E-state index contributed by atoms with van der Waals surface area (Å²) in [6.45, 7) is 1.02. The summed E-state index contributed by atoms with van der Waals surface area (Å²) in [4.78, 5) is 31.1. The van der Waals surface area contributed by atoms with Crippen LogP contribution in [-0.4, -0.2) is 52.0 Å². The topological polar surface area (TPSA) is 82.5 Å². The van der Waals surface area contributed by atoms with E-state index < -0.39 is 6.10 Å². The first kappa shape index (κ1) is 19.5. The second-order valence-electron chi connectivity index (χ2n) is 7.85. The van der Waals surface area contributed by atoms with Crippen molar-refractivity contribution in [2.24, 2.45) is 5.92 Å². The molecule has 0 bridgehead atoms. The van der Waals surface area contributed by atoms with E-state index in [9.17, 15) is 19.1 Å². The van der Waals surface area contributed by atoms with E-state index >= 15 is 0 Å². The number of amides is 2. The number of halogens is 1. The first-order chi connectivity index (χ1) is 14.0.